The lowest BCUT2D eigenvalue weighted by molar-refractivity contribution is -0.121. The van der Waals surface area contributed by atoms with Crippen LogP contribution in [0.15, 0.2) is 46.9 Å². The molecule has 0 unspecified atom stereocenters. The van der Waals surface area contributed by atoms with Gasteiger partial charge in [0.25, 0.3) is 0 Å². The Morgan fingerprint density at radius 3 is 2.37 bits per heavy atom. The number of rotatable bonds is 7. The molecule has 8 heteroatoms. The first-order valence-corrected chi connectivity index (χ1v) is 10.6. The van der Waals surface area contributed by atoms with Gasteiger partial charge in [0.2, 0.25) is 11.8 Å². The van der Waals surface area contributed by atoms with Crippen LogP contribution >= 0.6 is 15.9 Å². The molecular formula is C22H26BrN3O4. The number of hydrogen-bond donors (Lipinski definition) is 2. The van der Waals surface area contributed by atoms with Gasteiger partial charge in [-0.1, -0.05) is 15.9 Å². The van der Waals surface area contributed by atoms with Gasteiger partial charge >= 0.3 is 0 Å². The Bertz CT molecular complexity index is 880. The summed E-state index contributed by atoms with van der Waals surface area (Å²) in [5.74, 6) is 1.08. The number of amides is 2. The molecular weight excluding hydrogens is 450 g/mol. The molecule has 0 saturated carbocycles. The van der Waals surface area contributed by atoms with Gasteiger partial charge in [-0.3, -0.25) is 14.5 Å². The third kappa shape index (κ3) is 5.96. The zero-order valence-electron chi connectivity index (χ0n) is 17.1. The molecule has 160 valence electrons. The fraction of sp³-hybridized carbons (Fsp3) is 0.364. The van der Waals surface area contributed by atoms with Crippen molar-refractivity contribution >= 4 is 39.1 Å². The third-order valence-electron chi connectivity index (χ3n) is 5.12. The maximum absolute atomic E-state index is 12.5. The number of halogens is 1. The highest BCUT2D eigenvalue weighted by molar-refractivity contribution is 9.10. The highest BCUT2D eigenvalue weighted by atomic mass is 79.9. The van der Waals surface area contributed by atoms with E-state index in [0.717, 1.165) is 23.0 Å². The molecule has 7 nitrogen and oxygen atoms in total. The van der Waals surface area contributed by atoms with Crippen molar-refractivity contribution in [2.24, 2.45) is 5.92 Å². The van der Waals surface area contributed by atoms with Gasteiger partial charge in [-0.05, 0) is 62.3 Å². The molecule has 1 aliphatic rings. The smallest absolute Gasteiger partial charge is 0.238 e. The number of nitrogens with one attached hydrogen (secondary N) is 2. The van der Waals surface area contributed by atoms with Crippen molar-refractivity contribution < 1.29 is 19.1 Å². The van der Waals surface area contributed by atoms with E-state index in [4.69, 9.17) is 9.47 Å². The van der Waals surface area contributed by atoms with Gasteiger partial charge in [0.1, 0.15) is 11.5 Å². The van der Waals surface area contributed by atoms with E-state index in [1.54, 1.807) is 32.4 Å². The zero-order valence-corrected chi connectivity index (χ0v) is 18.7. The number of ether oxygens (including phenoxy) is 2. The van der Waals surface area contributed by atoms with E-state index in [0.29, 0.717) is 30.3 Å². The molecule has 1 saturated heterocycles. The summed E-state index contributed by atoms with van der Waals surface area (Å²) in [7, 11) is 3.13. The molecule has 1 heterocycles. The van der Waals surface area contributed by atoms with Gasteiger partial charge in [-0.25, -0.2) is 0 Å². The van der Waals surface area contributed by atoms with Crippen LogP contribution in [0.3, 0.4) is 0 Å². The summed E-state index contributed by atoms with van der Waals surface area (Å²) in [6.45, 7) is 1.67. The van der Waals surface area contributed by atoms with Crippen LogP contribution < -0.4 is 20.1 Å². The largest absolute Gasteiger partial charge is 0.497 e. The minimum atomic E-state index is -0.115. The average Bonchev–Trinajstić information content (AvgIpc) is 2.76. The van der Waals surface area contributed by atoms with Crippen molar-refractivity contribution in [1.82, 2.24) is 4.90 Å². The summed E-state index contributed by atoms with van der Waals surface area (Å²) in [6.07, 6.45) is 1.45. The van der Waals surface area contributed by atoms with Gasteiger partial charge in [-0.15, -0.1) is 0 Å². The number of likely N-dealkylation sites (tertiary alicyclic amines) is 1. The molecule has 2 N–H and O–H groups in total. The number of anilines is 2. The van der Waals surface area contributed by atoms with E-state index in [1.165, 1.54) is 0 Å². The maximum atomic E-state index is 12.5. The molecule has 2 amide bonds. The maximum Gasteiger partial charge on any atom is 0.238 e. The topological polar surface area (TPSA) is 79.9 Å². The molecule has 0 atom stereocenters. The Morgan fingerprint density at radius 1 is 1.03 bits per heavy atom. The lowest BCUT2D eigenvalue weighted by atomic mass is 9.96. The Balaban J connectivity index is 1.46. The lowest BCUT2D eigenvalue weighted by Crippen LogP contribution is -2.41. The van der Waals surface area contributed by atoms with Crippen LogP contribution in [0.1, 0.15) is 12.8 Å². The highest BCUT2D eigenvalue weighted by Crippen LogP contribution is 2.29. The first-order chi connectivity index (χ1) is 14.5. The standard InChI is InChI=1S/C22H26BrN3O4/c1-29-18-7-8-19(20(13-18)30-2)25-21(27)14-26-11-9-15(10-12-26)22(28)24-17-5-3-16(23)4-6-17/h3-8,13,15H,9-12,14H2,1-2H3,(H,24,28)(H,25,27). The van der Waals surface area contributed by atoms with Crippen molar-refractivity contribution in [3.05, 3.63) is 46.9 Å². The summed E-state index contributed by atoms with van der Waals surface area (Å²) < 4.78 is 11.5. The average molecular weight is 476 g/mol. The number of methoxy groups -OCH3 is 2. The minimum absolute atomic E-state index is 0.0318. The number of carbonyl (C=O) groups excluding carboxylic acids is 2. The molecule has 0 aromatic heterocycles. The summed E-state index contributed by atoms with van der Waals surface area (Å²) in [5, 5.41) is 5.85. The van der Waals surface area contributed by atoms with Gasteiger partial charge in [0.15, 0.2) is 0 Å². The van der Waals surface area contributed by atoms with Crippen LogP contribution in [0.2, 0.25) is 0 Å². The second-order valence-corrected chi connectivity index (χ2v) is 8.08. The van der Waals surface area contributed by atoms with Crippen molar-refractivity contribution in [2.75, 3.05) is 44.5 Å². The Labute approximate surface area is 184 Å². The van der Waals surface area contributed by atoms with E-state index in [-0.39, 0.29) is 24.3 Å². The van der Waals surface area contributed by atoms with Gasteiger partial charge in [0.05, 0.1) is 26.5 Å². The summed E-state index contributed by atoms with van der Waals surface area (Å²) in [6, 6.07) is 12.8. The molecule has 3 rings (SSSR count). The van der Waals surface area contributed by atoms with Crippen LogP contribution in [0, 0.1) is 5.92 Å². The van der Waals surface area contributed by atoms with E-state index in [1.807, 2.05) is 24.3 Å². The Morgan fingerprint density at radius 2 is 1.73 bits per heavy atom. The van der Waals surface area contributed by atoms with E-state index in [9.17, 15) is 9.59 Å². The van der Waals surface area contributed by atoms with Crippen LogP contribution in [0.5, 0.6) is 11.5 Å². The molecule has 1 aliphatic heterocycles. The van der Waals surface area contributed by atoms with Gasteiger partial charge in [0, 0.05) is 22.1 Å². The first-order valence-electron chi connectivity index (χ1n) is 9.79. The molecule has 30 heavy (non-hydrogen) atoms. The monoisotopic (exact) mass is 475 g/mol. The van der Waals surface area contributed by atoms with Crippen LogP contribution in [-0.4, -0.2) is 50.6 Å². The second kappa shape index (κ2) is 10.4. The molecule has 0 spiro atoms. The normalized spacial score (nSPS) is 14.8. The Hall–Kier alpha value is -2.58. The fourth-order valence-electron chi connectivity index (χ4n) is 3.43. The van der Waals surface area contributed by atoms with E-state index in [2.05, 4.69) is 31.5 Å². The van der Waals surface area contributed by atoms with Crippen LogP contribution in [0.25, 0.3) is 0 Å². The van der Waals surface area contributed by atoms with Crippen molar-refractivity contribution in [3.63, 3.8) is 0 Å². The predicted octanol–water partition coefficient (Wildman–Crippen LogP) is 3.76. The highest BCUT2D eigenvalue weighted by Gasteiger charge is 2.26. The van der Waals surface area contributed by atoms with E-state index < -0.39 is 0 Å². The number of benzene rings is 2. The lowest BCUT2D eigenvalue weighted by Gasteiger charge is -2.30. The summed E-state index contributed by atoms with van der Waals surface area (Å²) >= 11 is 3.39. The van der Waals surface area contributed by atoms with Crippen molar-refractivity contribution in [1.29, 1.82) is 0 Å². The number of carbonyl (C=O) groups is 2. The third-order valence-corrected chi connectivity index (χ3v) is 5.65. The van der Waals surface area contributed by atoms with E-state index >= 15 is 0 Å². The Kier molecular flexibility index (Phi) is 7.70. The summed E-state index contributed by atoms with van der Waals surface area (Å²) in [4.78, 5) is 27.0. The van der Waals surface area contributed by atoms with Crippen molar-refractivity contribution in [2.45, 2.75) is 12.8 Å². The molecule has 0 bridgehead atoms. The summed E-state index contributed by atoms with van der Waals surface area (Å²) in [5.41, 5.74) is 1.39. The van der Waals surface area contributed by atoms with Gasteiger partial charge in [-0.2, -0.15) is 0 Å². The fourth-order valence-corrected chi connectivity index (χ4v) is 3.69. The quantitative estimate of drug-likeness (QED) is 0.637. The molecule has 2 aromatic rings. The molecule has 2 aromatic carbocycles. The minimum Gasteiger partial charge on any atom is -0.497 e. The SMILES string of the molecule is COc1ccc(NC(=O)CN2CCC(C(=O)Nc3ccc(Br)cc3)CC2)c(OC)c1. The number of piperidine rings is 1. The zero-order chi connectivity index (χ0) is 21.5. The van der Waals surface area contributed by atoms with Crippen molar-refractivity contribution in [3.8, 4) is 11.5 Å². The predicted molar refractivity (Wildman–Crippen MR) is 120 cm³/mol. The van der Waals surface area contributed by atoms with Gasteiger partial charge < -0.3 is 20.1 Å². The second-order valence-electron chi connectivity index (χ2n) is 7.16. The number of nitrogens with zero attached hydrogens (tertiary/aromatic N) is 1. The number of hydrogen-bond acceptors (Lipinski definition) is 5. The molecule has 0 radical (unpaired) electrons. The first kappa shape index (κ1) is 22.1. The van der Waals surface area contributed by atoms with Crippen LogP contribution in [-0.2, 0) is 9.59 Å². The molecule has 1 fully saturated rings. The molecule has 0 aliphatic carbocycles. The van der Waals surface area contributed by atoms with Crippen LogP contribution in [0.4, 0.5) is 11.4 Å².